The summed E-state index contributed by atoms with van der Waals surface area (Å²) in [7, 11) is 0. The van der Waals surface area contributed by atoms with Gasteiger partial charge in [-0.05, 0) is 42.9 Å². The molecule has 1 unspecified atom stereocenters. The molecule has 1 N–H and O–H groups in total. The van der Waals surface area contributed by atoms with E-state index in [4.69, 9.17) is 0 Å². The Kier molecular flexibility index (Phi) is 3.63. The van der Waals surface area contributed by atoms with Crippen LogP contribution in [0, 0.1) is 10.8 Å². The quantitative estimate of drug-likeness (QED) is 0.739. The maximum absolute atomic E-state index is 3.90. The summed E-state index contributed by atoms with van der Waals surface area (Å²) < 4.78 is 0. The van der Waals surface area contributed by atoms with Gasteiger partial charge >= 0.3 is 0 Å². The predicted octanol–water partition coefficient (Wildman–Crippen LogP) is 4.13. The number of rotatable bonds is 5. The number of hydrogen-bond acceptors (Lipinski definition) is 1. The maximum atomic E-state index is 3.90. The van der Waals surface area contributed by atoms with E-state index < -0.39 is 0 Å². The first-order valence-electron chi connectivity index (χ1n) is 7.31. The molecule has 0 heterocycles. The molecule has 2 fully saturated rings. The van der Waals surface area contributed by atoms with E-state index in [1.807, 2.05) is 0 Å². The second kappa shape index (κ2) is 4.68. The van der Waals surface area contributed by atoms with Crippen LogP contribution in [0.3, 0.4) is 0 Å². The van der Waals surface area contributed by atoms with Crippen molar-refractivity contribution in [2.75, 3.05) is 6.54 Å². The zero-order valence-electron chi connectivity index (χ0n) is 11.4. The number of hydrogen-bond donors (Lipinski definition) is 1. The summed E-state index contributed by atoms with van der Waals surface area (Å²) in [6.45, 7) is 8.51. The van der Waals surface area contributed by atoms with Gasteiger partial charge in [0, 0.05) is 12.6 Å². The summed E-state index contributed by atoms with van der Waals surface area (Å²) in [4.78, 5) is 0. The van der Waals surface area contributed by atoms with Crippen LogP contribution >= 0.6 is 0 Å². The topological polar surface area (TPSA) is 12.0 Å². The summed E-state index contributed by atoms with van der Waals surface area (Å²) in [6, 6.07) is 0.774. The lowest BCUT2D eigenvalue weighted by atomic mass is 9.73. The molecule has 2 rings (SSSR count). The van der Waals surface area contributed by atoms with Crippen molar-refractivity contribution in [3.8, 4) is 0 Å². The van der Waals surface area contributed by atoms with Gasteiger partial charge in [-0.15, -0.1) is 0 Å². The molecule has 0 radical (unpaired) electrons. The first-order valence-corrected chi connectivity index (χ1v) is 7.31. The fourth-order valence-corrected chi connectivity index (χ4v) is 3.43. The standard InChI is InChI=1S/C15H29N/c1-4-8-15(10-11-15)12-16-13-7-5-6-9-14(13,2)3/h13,16H,4-12H2,1-3H3. The van der Waals surface area contributed by atoms with Gasteiger partial charge in [0.2, 0.25) is 0 Å². The van der Waals surface area contributed by atoms with E-state index in [0.717, 1.165) is 6.04 Å². The van der Waals surface area contributed by atoms with Crippen LogP contribution in [0.5, 0.6) is 0 Å². The highest BCUT2D eigenvalue weighted by Crippen LogP contribution is 2.49. The molecule has 0 saturated heterocycles. The molecule has 2 aliphatic carbocycles. The lowest BCUT2D eigenvalue weighted by Gasteiger charge is -2.40. The Hall–Kier alpha value is -0.0400. The molecule has 2 saturated carbocycles. The molecular formula is C15H29N. The van der Waals surface area contributed by atoms with Crippen molar-refractivity contribution in [1.29, 1.82) is 0 Å². The highest BCUT2D eigenvalue weighted by Gasteiger charge is 2.42. The molecule has 2 aliphatic rings. The molecule has 16 heavy (non-hydrogen) atoms. The maximum Gasteiger partial charge on any atom is 0.0118 e. The van der Waals surface area contributed by atoms with Gasteiger partial charge in [0.05, 0.1) is 0 Å². The first kappa shape index (κ1) is 12.4. The lowest BCUT2D eigenvalue weighted by Crippen LogP contribution is -2.46. The second-order valence-electron chi connectivity index (χ2n) is 6.92. The molecule has 94 valence electrons. The van der Waals surface area contributed by atoms with Crippen molar-refractivity contribution in [3.63, 3.8) is 0 Å². The highest BCUT2D eigenvalue weighted by atomic mass is 15.0. The van der Waals surface area contributed by atoms with E-state index in [9.17, 15) is 0 Å². The van der Waals surface area contributed by atoms with Gasteiger partial charge in [-0.2, -0.15) is 0 Å². The average molecular weight is 223 g/mol. The minimum Gasteiger partial charge on any atom is -0.313 e. The zero-order chi connectivity index (χ0) is 11.6. The van der Waals surface area contributed by atoms with Gasteiger partial charge in [0.15, 0.2) is 0 Å². The predicted molar refractivity (Wildman–Crippen MR) is 70.6 cm³/mol. The summed E-state index contributed by atoms with van der Waals surface area (Å²) in [5.41, 5.74) is 1.24. The van der Waals surface area contributed by atoms with Crippen molar-refractivity contribution >= 4 is 0 Å². The normalized spacial score (nSPS) is 31.3. The molecule has 1 atom stereocenters. The van der Waals surface area contributed by atoms with Gasteiger partial charge < -0.3 is 5.32 Å². The lowest BCUT2D eigenvalue weighted by molar-refractivity contribution is 0.159. The van der Waals surface area contributed by atoms with Gasteiger partial charge in [-0.1, -0.05) is 40.0 Å². The Morgan fingerprint density at radius 1 is 1.12 bits per heavy atom. The molecular weight excluding hydrogens is 194 g/mol. The molecule has 0 aliphatic heterocycles. The Morgan fingerprint density at radius 3 is 2.44 bits per heavy atom. The van der Waals surface area contributed by atoms with Crippen LogP contribution < -0.4 is 5.32 Å². The Morgan fingerprint density at radius 2 is 1.88 bits per heavy atom. The third kappa shape index (κ3) is 2.80. The van der Waals surface area contributed by atoms with Gasteiger partial charge in [0.1, 0.15) is 0 Å². The van der Waals surface area contributed by atoms with Crippen LogP contribution in [-0.2, 0) is 0 Å². The first-order chi connectivity index (χ1) is 7.58. The largest absolute Gasteiger partial charge is 0.313 e. The van der Waals surface area contributed by atoms with Crippen LogP contribution in [0.15, 0.2) is 0 Å². The van der Waals surface area contributed by atoms with Crippen molar-refractivity contribution in [2.45, 2.75) is 78.2 Å². The molecule has 0 amide bonds. The SMILES string of the molecule is CCCC1(CNC2CCCCC2(C)C)CC1. The minimum absolute atomic E-state index is 0.528. The van der Waals surface area contributed by atoms with Gasteiger partial charge in [-0.25, -0.2) is 0 Å². The van der Waals surface area contributed by atoms with Crippen molar-refractivity contribution in [3.05, 3.63) is 0 Å². The third-order valence-corrected chi connectivity index (χ3v) is 4.97. The van der Waals surface area contributed by atoms with Crippen LogP contribution in [0.1, 0.15) is 72.1 Å². The van der Waals surface area contributed by atoms with E-state index in [2.05, 4.69) is 26.1 Å². The number of nitrogens with one attached hydrogen (secondary N) is 1. The van der Waals surface area contributed by atoms with Crippen molar-refractivity contribution in [1.82, 2.24) is 5.32 Å². The molecule has 0 aromatic rings. The van der Waals surface area contributed by atoms with E-state index in [1.165, 1.54) is 57.9 Å². The summed E-state index contributed by atoms with van der Waals surface area (Å²) in [6.07, 6.45) is 11.4. The summed E-state index contributed by atoms with van der Waals surface area (Å²) in [5, 5.41) is 3.90. The van der Waals surface area contributed by atoms with Crippen LogP contribution in [-0.4, -0.2) is 12.6 Å². The minimum atomic E-state index is 0.528. The molecule has 1 nitrogen and oxygen atoms in total. The van der Waals surface area contributed by atoms with Crippen LogP contribution in [0.4, 0.5) is 0 Å². The zero-order valence-corrected chi connectivity index (χ0v) is 11.4. The molecule has 1 heteroatoms. The van der Waals surface area contributed by atoms with E-state index in [1.54, 1.807) is 0 Å². The molecule has 0 bridgehead atoms. The van der Waals surface area contributed by atoms with E-state index >= 15 is 0 Å². The Balaban J connectivity index is 1.80. The Bertz CT molecular complexity index is 228. The van der Waals surface area contributed by atoms with Crippen molar-refractivity contribution < 1.29 is 0 Å². The fourth-order valence-electron chi connectivity index (χ4n) is 3.43. The fraction of sp³-hybridized carbons (Fsp3) is 1.00. The highest BCUT2D eigenvalue weighted by molar-refractivity contribution is 4.97. The summed E-state index contributed by atoms with van der Waals surface area (Å²) in [5.74, 6) is 0. The van der Waals surface area contributed by atoms with Gasteiger partial charge in [-0.3, -0.25) is 0 Å². The monoisotopic (exact) mass is 223 g/mol. The third-order valence-electron chi connectivity index (χ3n) is 4.97. The molecule has 0 aromatic carbocycles. The van der Waals surface area contributed by atoms with Gasteiger partial charge in [0.25, 0.3) is 0 Å². The summed E-state index contributed by atoms with van der Waals surface area (Å²) >= 11 is 0. The van der Waals surface area contributed by atoms with Crippen molar-refractivity contribution in [2.24, 2.45) is 10.8 Å². The van der Waals surface area contributed by atoms with E-state index in [-0.39, 0.29) is 0 Å². The average Bonchev–Trinajstić information content (AvgIpc) is 2.97. The smallest absolute Gasteiger partial charge is 0.0118 e. The van der Waals surface area contributed by atoms with Crippen LogP contribution in [0.25, 0.3) is 0 Å². The Labute approximate surface area is 101 Å². The molecule has 0 spiro atoms. The van der Waals surface area contributed by atoms with Crippen LogP contribution in [0.2, 0.25) is 0 Å². The molecule has 0 aromatic heterocycles. The second-order valence-corrected chi connectivity index (χ2v) is 6.92. The van der Waals surface area contributed by atoms with E-state index in [0.29, 0.717) is 10.8 Å².